The molecule has 1 saturated carbocycles. The minimum atomic E-state index is -0.366. The molecule has 4 heteroatoms. The predicted octanol–water partition coefficient (Wildman–Crippen LogP) is 0.418. The number of likely N-dealkylation sites (N-methyl/N-ethyl adjacent to an activating group) is 1. The normalized spacial score (nSPS) is 16.2. The fourth-order valence-electron chi connectivity index (χ4n) is 1.30. The van der Waals surface area contributed by atoms with Gasteiger partial charge in [-0.3, -0.25) is 9.59 Å². The number of carbonyl (C=O) groups excluding carboxylic acids is 2. The van der Waals surface area contributed by atoms with Gasteiger partial charge in [0.25, 0.3) is 0 Å². The van der Waals surface area contributed by atoms with Crippen LogP contribution in [0, 0.1) is 5.92 Å². The van der Waals surface area contributed by atoms with E-state index in [2.05, 4.69) is 4.74 Å². The van der Waals surface area contributed by atoms with E-state index in [0.717, 1.165) is 19.3 Å². The second kappa shape index (κ2) is 4.25. The van der Waals surface area contributed by atoms with Crippen LogP contribution in [0.15, 0.2) is 0 Å². The molecule has 0 atom stereocenters. The van der Waals surface area contributed by atoms with E-state index in [0.29, 0.717) is 0 Å². The van der Waals surface area contributed by atoms with E-state index in [9.17, 15) is 9.59 Å². The van der Waals surface area contributed by atoms with E-state index in [4.69, 9.17) is 0 Å². The van der Waals surface area contributed by atoms with Crippen LogP contribution in [0.1, 0.15) is 19.3 Å². The highest BCUT2D eigenvalue weighted by Gasteiger charge is 2.28. The summed E-state index contributed by atoms with van der Waals surface area (Å²) in [5.41, 5.74) is 0. The molecule has 4 nitrogen and oxygen atoms in total. The summed E-state index contributed by atoms with van der Waals surface area (Å²) < 4.78 is 4.47. The molecule has 0 radical (unpaired) electrons. The molecule has 0 spiro atoms. The van der Waals surface area contributed by atoms with E-state index in [-0.39, 0.29) is 24.3 Å². The molecule has 0 aliphatic heterocycles. The first-order valence-electron chi connectivity index (χ1n) is 4.47. The number of methoxy groups -OCH3 is 1. The van der Waals surface area contributed by atoms with Gasteiger partial charge < -0.3 is 9.64 Å². The maximum Gasteiger partial charge on any atom is 0.325 e. The van der Waals surface area contributed by atoms with Crippen LogP contribution in [0.5, 0.6) is 0 Å². The van der Waals surface area contributed by atoms with Crippen molar-refractivity contribution < 1.29 is 14.3 Å². The lowest BCUT2D eigenvalue weighted by Gasteiger charge is -2.28. The summed E-state index contributed by atoms with van der Waals surface area (Å²) in [6.45, 7) is 0.0613. The maximum atomic E-state index is 11.5. The maximum absolute atomic E-state index is 11.5. The number of carbonyl (C=O) groups is 2. The van der Waals surface area contributed by atoms with Gasteiger partial charge in [0.1, 0.15) is 6.54 Å². The van der Waals surface area contributed by atoms with Crippen LogP contribution < -0.4 is 0 Å². The molecule has 0 saturated heterocycles. The molecule has 1 aliphatic carbocycles. The lowest BCUT2D eigenvalue weighted by atomic mass is 9.84. The van der Waals surface area contributed by atoms with Gasteiger partial charge >= 0.3 is 5.97 Å². The van der Waals surface area contributed by atoms with Gasteiger partial charge in [-0.25, -0.2) is 0 Å². The van der Waals surface area contributed by atoms with Crippen molar-refractivity contribution in [2.24, 2.45) is 5.92 Å². The summed E-state index contributed by atoms with van der Waals surface area (Å²) >= 11 is 0. The number of amides is 1. The average Bonchev–Trinajstić information content (AvgIpc) is 2.00. The molecule has 0 heterocycles. The summed E-state index contributed by atoms with van der Waals surface area (Å²) in [6.07, 6.45) is 3.05. The lowest BCUT2D eigenvalue weighted by molar-refractivity contribution is -0.148. The Morgan fingerprint density at radius 2 is 2.08 bits per heavy atom. The first-order chi connectivity index (χ1) is 6.15. The third-order valence-electron chi connectivity index (χ3n) is 2.42. The molecule has 0 aromatic rings. The van der Waals surface area contributed by atoms with Crippen LogP contribution in [0.3, 0.4) is 0 Å². The smallest absolute Gasteiger partial charge is 0.325 e. The van der Waals surface area contributed by atoms with Crippen LogP contribution in [-0.4, -0.2) is 37.5 Å². The van der Waals surface area contributed by atoms with Gasteiger partial charge in [-0.2, -0.15) is 0 Å². The van der Waals surface area contributed by atoms with E-state index >= 15 is 0 Å². The number of rotatable bonds is 3. The fourth-order valence-corrected chi connectivity index (χ4v) is 1.30. The monoisotopic (exact) mass is 185 g/mol. The third-order valence-corrected chi connectivity index (χ3v) is 2.42. The van der Waals surface area contributed by atoms with Crippen LogP contribution >= 0.6 is 0 Å². The van der Waals surface area contributed by atoms with Crippen molar-refractivity contribution in [3.05, 3.63) is 0 Å². The summed E-state index contributed by atoms with van der Waals surface area (Å²) in [6, 6.07) is 0. The highest BCUT2D eigenvalue weighted by molar-refractivity contribution is 5.83. The quantitative estimate of drug-likeness (QED) is 0.598. The number of ether oxygens (including phenoxy) is 1. The second-order valence-corrected chi connectivity index (χ2v) is 3.40. The molecule has 1 fully saturated rings. The van der Waals surface area contributed by atoms with Gasteiger partial charge in [0.2, 0.25) is 5.91 Å². The molecule has 0 aromatic heterocycles. The molecular formula is C9H15NO3. The van der Waals surface area contributed by atoms with Crippen molar-refractivity contribution in [1.82, 2.24) is 4.90 Å². The van der Waals surface area contributed by atoms with E-state index in [1.807, 2.05) is 0 Å². The van der Waals surface area contributed by atoms with Crippen LogP contribution in [0.2, 0.25) is 0 Å². The largest absolute Gasteiger partial charge is 0.468 e. The van der Waals surface area contributed by atoms with Crippen molar-refractivity contribution in [2.45, 2.75) is 19.3 Å². The van der Waals surface area contributed by atoms with E-state index < -0.39 is 0 Å². The number of nitrogens with zero attached hydrogens (tertiary/aromatic N) is 1. The van der Waals surface area contributed by atoms with Gasteiger partial charge in [-0.05, 0) is 12.8 Å². The van der Waals surface area contributed by atoms with Crippen LogP contribution in [-0.2, 0) is 14.3 Å². The Morgan fingerprint density at radius 3 is 2.46 bits per heavy atom. The van der Waals surface area contributed by atoms with Gasteiger partial charge in [0.05, 0.1) is 7.11 Å². The minimum absolute atomic E-state index is 0.0613. The first kappa shape index (κ1) is 10.0. The molecule has 1 aliphatic rings. The zero-order chi connectivity index (χ0) is 9.84. The third kappa shape index (κ3) is 2.44. The van der Waals surface area contributed by atoms with Crippen LogP contribution in [0.4, 0.5) is 0 Å². The summed E-state index contributed by atoms with van der Waals surface area (Å²) in [4.78, 5) is 23.8. The van der Waals surface area contributed by atoms with Gasteiger partial charge in [0.15, 0.2) is 0 Å². The Morgan fingerprint density at radius 1 is 1.46 bits per heavy atom. The molecule has 13 heavy (non-hydrogen) atoms. The molecule has 1 amide bonds. The predicted molar refractivity (Wildman–Crippen MR) is 47.0 cm³/mol. The molecule has 0 aromatic carbocycles. The molecule has 1 rings (SSSR count). The Bertz CT molecular complexity index is 211. The second-order valence-electron chi connectivity index (χ2n) is 3.40. The highest BCUT2D eigenvalue weighted by Crippen LogP contribution is 2.27. The molecule has 0 N–H and O–H groups in total. The molecule has 0 unspecified atom stereocenters. The lowest BCUT2D eigenvalue weighted by Crippen LogP contribution is -2.39. The number of esters is 1. The van der Waals surface area contributed by atoms with Crippen molar-refractivity contribution in [2.75, 3.05) is 20.7 Å². The summed E-state index contributed by atoms with van der Waals surface area (Å²) in [7, 11) is 2.96. The summed E-state index contributed by atoms with van der Waals surface area (Å²) in [5.74, 6) is -0.151. The SMILES string of the molecule is COC(=O)CN(C)C(=O)C1CCC1. The minimum Gasteiger partial charge on any atom is -0.468 e. The standard InChI is InChI=1S/C9H15NO3/c1-10(6-8(11)13-2)9(12)7-4-3-5-7/h7H,3-6H2,1-2H3. The van der Waals surface area contributed by atoms with Gasteiger partial charge in [-0.1, -0.05) is 6.42 Å². The number of hydrogen-bond donors (Lipinski definition) is 0. The van der Waals surface area contributed by atoms with Crippen molar-refractivity contribution in [1.29, 1.82) is 0 Å². The number of hydrogen-bond acceptors (Lipinski definition) is 3. The molecule has 74 valence electrons. The zero-order valence-corrected chi connectivity index (χ0v) is 8.08. The van der Waals surface area contributed by atoms with Crippen molar-refractivity contribution in [3.63, 3.8) is 0 Å². The molecule has 0 bridgehead atoms. The zero-order valence-electron chi connectivity index (χ0n) is 8.08. The Labute approximate surface area is 77.8 Å². The van der Waals surface area contributed by atoms with Gasteiger partial charge in [0, 0.05) is 13.0 Å². The topological polar surface area (TPSA) is 46.6 Å². The highest BCUT2D eigenvalue weighted by atomic mass is 16.5. The van der Waals surface area contributed by atoms with E-state index in [1.54, 1.807) is 7.05 Å². The van der Waals surface area contributed by atoms with Gasteiger partial charge in [-0.15, -0.1) is 0 Å². The fraction of sp³-hybridized carbons (Fsp3) is 0.778. The summed E-state index contributed by atoms with van der Waals surface area (Å²) in [5, 5.41) is 0. The molecular weight excluding hydrogens is 170 g/mol. The van der Waals surface area contributed by atoms with Crippen molar-refractivity contribution in [3.8, 4) is 0 Å². The van der Waals surface area contributed by atoms with Crippen molar-refractivity contribution >= 4 is 11.9 Å². The Kier molecular flexibility index (Phi) is 3.28. The Hall–Kier alpha value is -1.06. The Balaban J connectivity index is 2.33. The van der Waals surface area contributed by atoms with Crippen LogP contribution in [0.25, 0.3) is 0 Å². The first-order valence-corrected chi connectivity index (χ1v) is 4.47. The van der Waals surface area contributed by atoms with E-state index in [1.165, 1.54) is 12.0 Å². The average molecular weight is 185 g/mol.